The van der Waals surface area contributed by atoms with E-state index in [2.05, 4.69) is 47.4 Å². The number of aryl methyl sites for hydroxylation is 2. The molecule has 0 unspecified atom stereocenters. The van der Waals surface area contributed by atoms with Gasteiger partial charge in [0.1, 0.15) is 12.4 Å². The minimum Gasteiger partial charge on any atom is -0.696 e. The summed E-state index contributed by atoms with van der Waals surface area (Å²) in [5.41, 5.74) is 0. The van der Waals surface area contributed by atoms with E-state index in [1.165, 1.54) is 18.2 Å². The molecular weight excluding hydrogens is 294 g/mol. The Balaban J connectivity index is 0. The summed E-state index contributed by atoms with van der Waals surface area (Å²) in [4.78, 5) is 19.1. The Labute approximate surface area is 129 Å². The third-order valence-electron chi connectivity index (χ3n) is 1.96. The number of carboxylic acids is 2. The average Bonchev–Trinajstić information content (AvgIpc) is 2.81. The van der Waals surface area contributed by atoms with E-state index in [0.717, 1.165) is 6.54 Å². The Morgan fingerprint density at radius 3 is 2.14 bits per heavy atom. The molecule has 0 aliphatic rings. The van der Waals surface area contributed by atoms with Crippen LogP contribution >= 0.6 is 0 Å². The van der Waals surface area contributed by atoms with Crippen LogP contribution in [0, 0.1) is 10.7 Å². The van der Waals surface area contributed by atoms with Crippen LogP contribution in [0.5, 0.6) is 0 Å². The van der Waals surface area contributed by atoms with E-state index < -0.39 is 11.9 Å². The van der Waals surface area contributed by atoms with Crippen molar-refractivity contribution in [1.82, 2.24) is 4.57 Å². The van der Waals surface area contributed by atoms with Gasteiger partial charge in [-0.2, -0.15) is 0 Å². The van der Waals surface area contributed by atoms with Gasteiger partial charge in [-0.3, -0.25) is 0 Å². The number of imidazole rings is 1. The molecule has 1 rings (SSSR count). The summed E-state index contributed by atoms with van der Waals surface area (Å²) in [5.74, 6) is -2.51. The first-order valence-electron chi connectivity index (χ1n) is 6.03. The van der Waals surface area contributed by atoms with Gasteiger partial charge in [-0.05, 0) is 6.42 Å². The van der Waals surface area contributed by atoms with Crippen LogP contribution in [-0.2, 0) is 35.8 Å². The number of hydrogen-bond acceptors (Lipinski definition) is 4. The molecule has 7 nitrogen and oxygen atoms in total. The minimum absolute atomic E-state index is 0.558. The zero-order valence-electron chi connectivity index (χ0n) is 12.0. The highest BCUT2D eigenvalue weighted by Gasteiger charge is 1.96. The van der Waals surface area contributed by atoms with E-state index in [1.54, 1.807) is 0 Å². The zero-order chi connectivity index (χ0) is 16.7. The molecule has 0 spiro atoms. The third kappa shape index (κ3) is 17.6. The van der Waals surface area contributed by atoms with Crippen LogP contribution in [0.3, 0.4) is 0 Å². The average molecular weight is 313 g/mol. The van der Waals surface area contributed by atoms with Crippen LogP contribution in [-0.4, -0.2) is 26.7 Å². The van der Waals surface area contributed by atoms with E-state index >= 15 is 0 Å². The van der Waals surface area contributed by atoms with E-state index in [0.29, 0.717) is 12.2 Å². The van der Waals surface area contributed by atoms with Crippen LogP contribution in [0.25, 0.3) is 0 Å². The van der Waals surface area contributed by atoms with Gasteiger partial charge in [0.15, 0.2) is 0 Å². The number of thiocyanates is 1. The van der Waals surface area contributed by atoms with Crippen LogP contribution in [0.15, 0.2) is 30.9 Å². The smallest absolute Gasteiger partial charge is 0.328 e. The van der Waals surface area contributed by atoms with E-state index in [-0.39, 0.29) is 0 Å². The first-order valence-corrected chi connectivity index (χ1v) is 6.44. The third-order valence-corrected chi connectivity index (χ3v) is 1.96. The van der Waals surface area contributed by atoms with Gasteiger partial charge in [-0.25, -0.2) is 24.0 Å². The molecule has 2 N–H and O–H groups in total. The molecule has 1 aromatic heterocycles. The number of nitriles is 1. The molecule has 0 bridgehead atoms. The molecule has 1 heterocycles. The maximum absolute atomic E-state index is 9.55. The molecule has 1 aromatic rings. The molecule has 0 atom stereocenters. The van der Waals surface area contributed by atoms with Crippen molar-refractivity contribution in [2.75, 3.05) is 0 Å². The second kappa shape index (κ2) is 14.0. The predicted octanol–water partition coefficient (Wildman–Crippen LogP) is 0.839. The normalized spacial score (nSPS) is 8.81. The maximum Gasteiger partial charge on any atom is 0.328 e. The molecule has 21 heavy (non-hydrogen) atoms. The Kier molecular flexibility index (Phi) is 14.0. The highest BCUT2D eigenvalue weighted by Crippen LogP contribution is 1.91. The largest absolute Gasteiger partial charge is 0.696 e. The molecule has 8 heteroatoms. The maximum atomic E-state index is 9.55. The van der Waals surface area contributed by atoms with Crippen LogP contribution in [0.4, 0.5) is 0 Å². The Morgan fingerprint density at radius 2 is 1.86 bits per heavy atom. The molecule has 116 valence electrons. The molecule has 0 aliphatic heterocycles. The van der Waals surface area contributed by atoms with Crippen LogP contribution in [0.2, 0.25) is 0 Å². The Bertz CT molecular complexity index is 476. The van der Waals surface area contributed by atoms with Crippen molar-refractivity contribution >= 4 is 24.6 Å². The van der Waals surface area contributed by atoms with Crippen molar-refractivity contribution < 1.29 is 24.4 Å². The number of carbonyl (C=O) groups is 2. The summed E-state index contributed by atoms with van der Waals surface area (Å²) >= 11 is 3.70. The van der Waals surface area contributed by atoms with E-state index in [9.17, 15) is 9.59 Å². The lowest BCUT2D eigenvalue weighted by molar-refractivity contribution is -0.671. The van der Waals surface area contributed by atoms with Crippen molar-refractivity contribution in [3.8, 4) is 5.40 Å². The number of hydrogen-bond donors (Lipinski definition) is 2. The number of unbranched alkanes of at least 4 members (excludes halogenated alkanes) is 1. The molecule has 0 fully saturated rings. The van der Waals surface area contributed by atoms with Crippen molar-refractivity contribution in [1.29, 1.82) is 5.26 Å². The van der Waals surface area contributed by atoms with E-state index in [4.69, 9.17) is 15.5 Å². The van der Waals surface area contributed by atoms with Gasteiger partial charge in [0.2, 0.25) is 6.33 Å². The fraction of sp³-hybridized carbons (Fsp3) is 0.385. The van der Waals surface area contributed by atoms with Gasteiger partial charge in [0.05, 0.1) is 13.6 Å². The van der Waals surface area contributed by atoms with Gasteiger partial charge >= 0.3 is 11.9 Å². The van der Waals surface area contributed by atoms with Crippen LogP contribution < -0.4 is 4.57 Å². The second-order valence-electron chi connectivity index (χ2n) is 3.77. The molecule has 0 amide bonds. The van der Waals surface area contributed by atoms with Gasteiger partial charge in [-0.1, -0.05) is 18.7 Å². The minimum atomic E-state index is -1.26. The molecule has 0 aromatic carbocycles. The lowest BCUT2D eigenvalue weighted by Crippen LogP contribution is -2.23. The SMILES string of the molecule is CCCCn1cc[n+](C)c1.N#C[S-].O=C(O)/C=C\C(=O)O. The van der Waals surface area contributed by atoms with Crippen molar-refractivity contribution in [3.63, 3.8) is 0 Å². The lowest BCUT2D eigenvalue weighted by atomic mass is 10.3. The lowest BCUT2D eigenvalue weighted by Gasteiger charge is -1.90. The van der Waals surface area contributed by atoms with Gasteiger partial charge in [0.25, 0.3) is 0 Å². The topological polar surface area (TPSA) is 107 Å². The molecule has 0 saturated heterocycles. The Hall–Kier alpha value is -2.40. The van der Waals surface area contributed by atoms with Gasteiger partial charge in [-0.15, -0.1) is 0 Å². The number of rotatable bonds is 5. The number of aliphatic carboxylic acids is 2. The summed E-state index contributed by atoms with van der Waals surface area (Å²) < 4.78 is 4.28. The fourth-order valence-corrected chi connectivity index (χ4v) is 1.12. The molecule has 0 aliphatic carbocycles. The van der Waals surface area contributed by atoms with E-state index in [1.807, 2.05) is 7.05 Å². The summed E-state index contributed by atoms with van der Waals surface area (Å²) in [5, 5.41) is 24.1. The molecule has 0 saturated carbocycles. The number of nitrogens with zero attached hydrogens (tertiary/aromatic N) is 3. The fourth-order valence-electron chi connectivity index (χ4n) is 1.12. The van der Waals surface area contributed by atoms with Crippen LogP contribution in [0.1, 0.15) is 19.8 Å². The second-order valence-corrected chi connectivity index (χ2v) is 3.95. The summed E-state index contributed by atoms with van der Waals surface area (Å²) in [6.07, 6.45) is 9.93. The summed E-state index contributed by atoms with van der Waals surface area (Å²) in [6, 6.07) is 0. The summed E-state index contributed by atoms with van der Waals surface area (Å²) in [7, 11) is 2.04. The predicted molar refractivity (Wildman–Crippen MR) is 77.9 cm³/mol. The van der Waals surface area contributed by atoms with Crippen molar-refractivity contribution in [3.05, 3.63) is 30.9 Å². The molecule has 0 radical (unpaired) electrons. The zero-order valence-corrected chi connectivity index (χ0v) is 12.8. The summed E-state index contributed by atoms with van der Waals surface area (Å²) in [6.45, 7) is 3.36. The number of aromatic nitrogens is 2. The van der Waals surface area contributed by atoms with Gasteiger partial charge < -0.3 is 22.8 Å². The Morgan fingerprint density at radius 1 is 1.38 bits per heavy atom. The first kappa shape index (κ1) is 20.9. The molecular formula is C13H19N3O4S. The first-order chi connectivity index (χ1) is 9.87. The highest BCUT2D eigenvalue weighted by atomic mass is 32.1. The monoisotopic (exact) mass is 313 g/mol. The van der Waals surface area contributed by atoms with Gasteiger partial charge in [0, 0.05) is 12.2 Å². The highest BCUT2D eigenvalue weighted by molar-refractivity contribution is 7.64. The quantitative estimate of drug-likeness (QED) is 0.361. The number of carboxylic acid groups (broad SMARTS) is 2. The van der Waals surface area contributed by atoms with Crippen molar-refractivity contribution in [2.45, 2.75) is 26.3 Å². The van der Waals surface area contributed by atoms with Crippen molar-refractivity contribution in [2.24, 2.45) is 7.05 Å². The standard InChI is InChI=1S/C8H15N2.C4H4O4.CHNS/c1-3-4-5-10-7-6-9(2)8-10;5-3(6)1-2-4(7)8;2-1-3/h6-8H,3-5H2,1-2H3;1-2H,(H,5,6)(H,7,8);3H/q+1;;/p-1/b;2-1-;.